The summed E-state index contributed by atoms with van der Waals surface area (Å²) >= 11 is 0. The summed E-state index contributed by atoms with van der Waals surface area (Å²) < 4.78 is 1.72. The number of aryl methyl sites for hydroxylation is 1. The van der Waals surface area contributed by atoms with Crippen LogP contribution in [0.5, 0.6) is 0 Å². The molecule has 1 aliphatic heterocycles. The number of piperidine rings is 1. The van der Waals surface area contributed by atoms with Crippen molar-refractivity contribution in [1.82, 2.24) is 30.1 Å². The highest BCUT2D eigenvalue weighted by Crippen LogP contribution is 2.31. The number of aromatic nitrogens is 5. The number of hydrogen-bond donors (Lipinski definition) is 2. The Balaban J connectivity index is 1.78. The number of β-amino-alcohol motifs (C(OH)–C–C–N with tert-alkyl or cyclic N) is 1. The van der Waals surface area contributed by atoms with Gasteiger partial charge in [0.05, 0.1) is 12.7 Å². The number of likely N-dealkylation sites (tertiary alicyclic amines) is 1. The normalized spacial score (nSPS) is 21.5. The molecule has 2 aromatic heterocycles. The zero-order valence-electron chi connectivity index (χ0n) is 14.4. The number of rotatable bonds is 4. The van der Waals surface area contributed by atoms with Crippen molar-refractivity contribution in [3.63, 3.8) is 0 Å². The largest absolute Gasteiger partial charge is 0.382 e. The second-order valence-corrected chi connectivity index (χ2v) is 6.67. The Morgan fingerprint density at radius 3 is 2.92 bits per heavy atom. The monoisotopic (exact) mass is 332 g/mol. The van der Waals surface area contributed by atoms with Gasteiger partial charge in [-0.25, -0.2) is 4.68 Å². The average Bonchev–Trinajstić information content (AvgIpc) is 3.23. The number of nitrogens with zero attached hydrogens (tertiary/aromatic N) is 5. The van der Waals surface area contributed by atoms with Crippen LogP contribution in [0.2, 0.25) is 0 Å². The van der Waals surface area contributed by atoms with Crippen molar-refractivity contribution >= 4 is 5.91 Å². The maximum absolute atomic E-state index is 12.7. The molecular formula is C16H24N6O2. The average molecular weight is 332 g/mol. The summed E-state index contributed by atoms with van der Waals surface area (Å²) in [4.78, 5) is 14.3. The minimum Gasteiger partial charge on any atom is -0.382 e. The van der Waals surface area contributed by atoms with Crippen molar-refractivity contribution in [3.8, 4) is 0 Å². The van der Waals surface area contributed by atoms with Gasteiger partial charge < -0.3 is 10.0 Å². The molecule has 1 amide bonds. The molecule has 24 heavy (non-hydrogen) atoms. The zero-order valence-corrected chi connectivity index (χ0v) is 14.4. The number of carbonyl (C=O) groups excluding carboxylic acids is 1. The fourth-order valence-electron chi connectivity index (χ4n) is 2.98. The van der Waals surface area contributed by atoms with Gasteiger partial charge in [-0.1, -0.05) is 12.1 Å². The van der Waals surface area contributed by atoms with E-state index in [1.807, 2.05) is 20.8 Å². The van der Waals surface area contributed by atoms with E-state index in [4.69, 9.17) is 0 Å². The number of carbonyl (C=O) groups is 1. The summed E-state index contributed by atoms with van der Waals surface area (Å²) in [6.45, 7) is 6.81. The van der Waals surface area contributed by atoms with E-state index in [-0.39, 0.29) is 18.5 Å². The summed E-state index contributed by atoms with van der Waals surface area (Å²) in [5.41, 5.74) is 0.669. The van der Waals surface area contributed by atoms with Crippen LogP contribution in [0.25, 0.3) is 0 Å². The lowest BCUT2D eigenvalue weighted by Gasteiger charge is -2.37. The Hall–Kier alpha value is -2.22. The molecule has 0 bridgehead atoms. The van der Waals surface area contributed by atoms with Gasteiger partial charge in [0, 0.05) is 18.3 Å². The van der Waals surface area contributed by atoms with Crippen molar-refractivity contribution < 1.29 is 9.90 Å². The van der Waals surface area contributed by atoms with Crippen LogP contribution in [0.4, 0.5) is 0 Å². The Morgan fingerprint density at radius 2 is 2.29 bits per heavy atom. The van der Waals surface area contributed by atoms with Crippen LogP contribution >= 0.6 is 0 Å². The Morgan fingerprint density at radius 1 is 1.50 bits per heavy atom. The van der Waals surface area contributed by atoms with Gasteiger partial charge in [-0.15, -0.1) is 5.10 Å². The van der Waals surface area contributed by atoms with Crippen LogP contribution in [0.3, 0.4) is 0 Å². The first-order valence-electron chi connectivity index (χ1n) is 8.41. The van der Waals surface area contributed by atoms with E-state index in [9.17, 15) is 9.90 Å². The molecule has 2 aromatic rings. The molecule has 8 nitrogen and oxygen atoms in total. The second kappa shape index (κ2) is 6.35. The van der Waals surface area contributed by atoms with Gasteiger partial charge in [-0.2, -0.15) is 5.10 Å². The standard InChI is InChI=1S/C16H24N6O2/c1-4-12-8-13(18-17-12)15(23)21-7-5-6-16(24,10-21)14-9-22(11(2)3)20-19-14/h8-9,11,24H,4-7,10H2,1-3H3,(H,17,18)/t16-/m1/s1. The van der Waals surface area contributed by atoms with Crippen LogP contribution in [0.1, 0.15) is 61.5 Å². The highest BCUT2D eigenvalue weighted by atomic mass is 16.3. The smallest absolute Gasteiger partial charge is 0.274 e. The fraction of sp³-hybridized carbons (Fsp3) is 0.625. The van der Waals surface area contributed by atoms with Crippen molar-refractivity contribution in [3.05, 3.63) is 29.3 Å². The number of hydrogen-bond acceptors (Lipinski definition) is 5. The topological polar surface area (TPSA) is 99.9 Å². The van der Waals surface area contributed by atoms with Gasteiger partial charge in [0.2, 0.25) is 0 Å². The van der Waals surface area contributed by atoms with E-state index in [1.54, 1.807) is 21.8 Å². The minimum absolute atomic E-state index is 0.166. The quantitative estimate of drug-likeness (QED) is 0.878. The SMILES string of the molecule is CCc1cc(C(=O)N2CCC[C@](O)(c3cn(C(C)C)nn3)C2)n[nH]1. The molecule has 0 aromatic carbocycles. The molecule has 3 heterocycles. The molecule has 1 saturated heterocycles. The molecule has 8 heteroatoms. The van der Waals surface area contributed by atoms with Crippen molar-refractivity contribution in [1.29, 1.82) is 0 Å². The predicted molar refractivity (Wildman–Crippen MR) is 87.4 cm³/mol. The number of H-pyrrole nitrogens is 1. The molecule has 0 radical (unpaired) electrons. The molecule has 0 unspecified atom stereocenters. The fourth-order valence-corrected chi connectivity index (χ4v) is 2.98. The van der Waals surface area contributed by atoms with Gasteiger partial charge in [-0.05, 0) is 39.2 Å². The van der Waals surface area contributed by atoms with E-state index in [2.05, 4.69) is 20.5 Å². The molecule has 1 fully saturated rings. The first-order chi connectivity index (χ1) is 11.4. The first kappa shape index (κ1) is 16.6. The third kappa shape index (κ3) is 3.06. The van der Waals surface area contributed by atoms with E-state index in [0.29, 0.717) is 30.8 Å². The Kier molecular flexibility index (Phi) is 4.40. The Bertz CT molecular complexity index is 722. The molecule has 0 saturated carbocycles. The highest BCUT2D eigenvalue weighted by Gasteiger charge is 2.39. The maximum atomic E-state index is 12.7. The molecule has 1 aliphatic rings. The predicted octanol–water partition coefficient (Wildman–Crippen LogP) is 1.27. The van der Waals surface area contributed by atoms with Crippen LogP contribution in [0.15, 0.2) is 12.3 Å². The van der Waals surface area contributed by atoms with Crippen molar-refractivity contribution in [2.24, 2.45) is 0 Å². The summed E-state index contributed by atoms with van der Waals surface area (Å²) in [6, 6.07) is 1.94. The van der Waals surface area contributed by atoms with Crippen LogP contribution in [0, 0.1) is 0 Å². The highest BCUT2D eigenvalue weighted by molar-refractivity contribution is 5.92. The van der Waals surface area contributed by atoms with E-state index in [1.165, 1.54) is 0 Å². The Labute approximate surface area is 140 Å². The van der Waals surface area contributed by atoms with Gasteiger partial charge in [0.1, 0.15) is 17.0 Å². The molecule has 130 valence electrons. The molecule has 3 rings (SSSR count). The lowest BCUT2D eigenvalue weighted by Crippen LogP contribution is -2.48. The molecule has 1 atom stereocenters. The third-order valence-electron chi connectivity index (χ3n) is 4.51. The number of amides is 1. The number of aromatic amines is 1. The number of aliphatic hydroxyl groups is 1. The minimum atomic E-state index is -1.16. The first-order valence-corrected chi connectivity index (χ1v) is 8.41. The molecule has 2 N–H and O–H groups in total. The van der Waals surface area contributed by atoms with E-state index >= 15 is 0 Å². The van der Waals surface area contributed by atoms with Gasteiger partial charge >= 0.3 is 0 Å². The van der Waals surface area contributed by atoms with E-state index < -0.39 is 5.60 Å². The van der Waals surface area contributed by atoms with Gasteiger partial charge in [0.15, 0.2) is 0 Å². The van der Waals surface area contributed by atoms with Crippen LogP contribution < -0.4 is 0 Å². The summed E-state index contributed by atoms with van der Waals surface area (Å²) in [6.07, 6.45) is 3.83. The van der Waals surface area contributed by atoms with Crippen molar-refractivity contribution in [2.75, 3.05) is 13.1 Å². The molecule has 0 spiro atoms. The van der Waals surface area contributed by atoms with Gasteiger partial charge in [0.25, 0.3) is 5.91 Å². The summed E-state index contributed by atoms with van der Waals surface area (Å²) in [5, 5.41) is 26.1. The lowest BCUT2D eigenvalue weighted by atomic mass is 9.90. The lowest BCUT2D eigenvalue weighted by molar-refractivity contribution is -0.0322. The molecular weight excluding hydrogens is 308 g/mol. The van der Waals surface area contributed by atoms with Crippen molar-refractivity contribution in [2.45, 2.75) is 51.7 Å². The number of nitrogens with one attached hydrogen (secondary N) is 1. The van der Waals surface area contributed by atoms with Crippen LogP contribution in [-0.4, -0.2) is 54.2 Å². The third-order valence-corrected chi connectivity index (χ3v) is 4.51. The summed E-state index contributed by atoms with van der Waals surface area (Å²) in [7, 11) is 0. The van der Waals surface area contributed by atoms with Crippen LogP contribution in [-0.2, 0) is 12.0 Å². The zero-order chi connectivity index (χ0) is 17.3. The maximum Gasteiger partial charge on any atom is 0.274 e. The van der Waals surface area contributed by atoms with Gasteiger partial charge in [-0.3, -0.25) is 9.89 Å². The second-order valence-electron chi connectivity index (χ2n) is 6.67. The summed E-state index contributed by atoms with van der Waals surface area (Å²) in [5.74, 6) is -0.166. The van der Waals surface area contributed by atoms with E-state index in [0.717, 1.165) is 12.1 Å². The molecule has 0 aliphatic carbocycles.